The number of nitrogens with two attached hydrogens (primary N) is 1. The number of carbonyl (C=O) groups excluding carboxylic acids is 14. The molecule has 111 heavy (non-hydrogen) atoms. The molecule has 21 N–H and O–H groups in total. The first kappa shape index (κ1) is 95.2. The van der Waals surface area contributed by atoms with Gasteiger partial charge < -0.3 is 105 Å². The van der Waals surface area contributed by atoms with E-state index >= 15 is 0 Å². The smallest absolute Gasteiger partial charge is 0.417 e. The van der Waals surface area contributed by atoms with E-state index in [9.17, 15) is 130 Å². The Balaban J connectivity index is 2.39. The van der Waals surface area contributed by atoms with E-state index in [4.69, 9.17) is 10.8 Å². The molecule has 0 aromatic heterocycles. The number of amides is 14. The SMILES string of the molecule is CC[C@H](C)[C@H](NC(=O)[C@@H](NC(=O)[C@H](C)NC(=O)[C@H](CCCCNC(=O)c1ccccc1C(F)(F)F)NC(=O)[C@H](CC(=O)O)NC(C)=O)[C@@H](C)O)C(=O)NCC(=O)N[C@@H](Cc1ccccc1)C(=O)N[C@@H](CCC(=O)O)C(=O)N[C@H](C(=O)N[C@@H](CCC(N)=O)C(=O)N[C@@H](CCC(=O)O)C(=O)N[C@@H](CCC(=O)O)C(=O)O)C(C)C. The molecule has 0 aliphatic heterocycles. The van der Waals surface area contributed by atoms with Crippen molar-refractivity contribution in [2.24, 2.45) is 17.6 Å². The van der Waals surface area contributed by atoms with E-state index in [1.54, 1.807) is 37.3 Å². The zero-order valence-electron chi connectivity index (χ0n) is 61.7. The fourth-order valence-corrected chi connectivity index (χ4v) is 10.5. The highest BCUT2D eigenvalue weighted by Crippen LogP contribution is 2.32. The van der Waals surface area contributed by atoms with E-state index in [2.05, 4.69) is 63.8 Å². The van der Waals surface area contributed by atoms with Gasteiger partial charge in [0, 0.05) is 45.6 Å². The lowest BCUT2D eigenvalue weighted by molar-refractivity contribution is -0.144. The van der Waals surface area contributed by atoms with Crippen molar-refractivity contribution in [3.63, 3.8) is 0 Å². The van der Waals surface area contributed by atoms with Gasteiger partial charge in [0.15, 0.2) is 0 Å². The van der Waals surface area contributed by atoms with Crippen molar-refractivity contribution in [3.05, 3.63) is 71.3 Å². The average molecular weight is 1580 g/mol. The molecule has 2 aromatic rings. The number of nitrogens with one attached hydrogen (secondary N) is 13. The highest BCUT2D eigenvalue weighted by atomic mass is 19.4. The number of alkyl halides is 3. The summed E-state index contributed by atoms with van der Waals surface area (Å²) in [6.07, 6.45) is -13.7. The molecule has 0 fully saturated rings. The van der Waals surface area contributed by atoms with Crippen LogP contribution in [0.4, 0.5) is 13.2 Å². The number of hydrogen-bond acceptors (Lipinski definition) is 20. The van der Waals surface area contributed by atoms with E-state index in [0.29, 0.717) is 11.6 Å². The van der Waals surface area contributed by atoms with Crippen LogP contribution in [0.15, 0.2) is 54.6 Å². The van der Waals surface area contributed by atoms with Crippen LogP contribution in [0, 0.1) is 11.8 Å². The summed E-state index contributed by atoms with van der Waals surface area (Å²) in [7, 11) is 0. The number of aliphatic carboxylic acids is 5. The van der Waals surface area contributed by atoms with Gasteiger partial charge in [0.1, 0.15) is 66.5 Å². The van der Waals surface area contributed by atoms with Crippen LogP contribution in [0.25, 0.3) is 0 Å². The number of hydrogen-bond donors (Lipinski definition) is 20. The van der Waals surface area contributed by atoms with Crippen LogP contribution in [0.5, 0.6) is 0 Å². The Morgan fingerprint density at radius 3 is 1.37 bits per heavy atom. The lowest BCUT2D eigenvalue weighted by Gasteiger charge is -2.29. The maximum Gasteiger partial charge on any atom is 0.417 e. The van der Waals surface area contributed by atoms with Gasteiger partial charge in [-0.15, -0.1) is 0 Å². The number of primary amides is 1. The standard InChI is InChI=1S/C69H97F3N14O25/c1-8-34(4)55(85-67(109)56(36(6)87)86-57(99)35(5)76-59(101)41(79-64(106)47(31-53(97)98)77-37(7)88)20-14-15-29-74-58(100)39-18-12-13-19-40(39)69(70,71)72)65(107)75-32-49(90)78-46(30-38-16-10-9-11-17-38)63(105)81-44(23-27-51(93)94)62(104)84-54(33(2)3)66(108)82-42(21-25-48(73)89)60(102)80-43(22-26-50(91)92)61(103)83-45(68(110)111)24-28-52(95)96/h9-13,16-19,33-36,41-47,54-56,87H,8,14-15,20-32H2,1-7H3,(H2,73,89)(H,74,100)(H,75,107)(H,76,101)(H,77,88)(H,78,90)(H,79,106)(H,80,102)(H,81,105)(H,82,108)(H,83,103)(H,84,104)(H,85,109)(H,86,99)(H,91,92)(H,93,94)(H,95,96)(H,97,98)(H,110,111)/t34-,35-,36+,41-,42-,43-,44-,45-,46-,47-,54-,55-,56-/m0/s1. The number of aliphatic hydroxyl groups excluding tert-OH is 1. The van der Waals surface area contributed by atoms with Gasteiger partial charge in [0.25, 0.3) is 5.91 Å². The van der Waals surface area contributed by atoms with Crippen LogP contribution in [0.2, 0.25) is 0 Å². The van der Waals surface area contributed by atoms with Gasteiger partial charge in [0.05, 0.1) is 30.2 Å². The largest absolute Gasteiger partial charge is 0.481 e. The molecule has 0 heterocycles. The minimum atomic E-state index is -4.87. The van der Waals surface area contributed by atoms with E-state index in [0.717, 1.165) is 32.9 Å². The Bertz CT molecular complexity index is 3650. The zero-order chi connectivity index (χ0) is 84.2. The summed E-state index contributed by atoms with van der Waals surface area (Å²) < 4.78 is 40.8. The molecule has 42 heteroatoms. The second-order valence-electron chi connectivity index (χ2n) is 26.2. The highest BCUT2D eigenvalue weighted by molar-refractivity contribution is 6.00. The van der Waals surface area contributed by atoms with E-state index in [-0.39, 0.29) is 38.6 Å². The third-order valence-corrected chi connectivity index (χ3v) is 16.7. The molecule has 0 saturated heterocycles. The number of carboxylic acids is 5. The maximum atomic E-state index is 14.4. The molecule has 14 amide bonds. The number of unbranched alkanes of at least 4 members (excludes halogenated alkanes) is 1. The number of carboxylic acid groups (broad SMARTS) is 5. The minimum Gasteiger partial charge on any atom is -0.481 e. The third-order valence-electron chi connectivity index (χ3n) is 16.7. The van der Waals surface area contributed by atoms with Gasteiger partial charge in [-0.05, 0) is 88.3 Å². The first-order chi connectivity index (χ1) is 51.9. The van der Waals surface area contributed by atoms with Crippen molar-refractivity contribution in [2.45, 2.75) is 217 Å². The molecule has 0 bridgehead atoms. The molecule has 0 spiro atoms. The Kier molecular flexibility index (Phi) is 40.4. The minimum absolute atomic E-state index is 0.0232. The van der Waals surface area contributed by atoms with Crippen molar-refractivity contribution in [3.8, 4) is 0 Å². The van der Waals surface area contributed by atoms with Gasteiger partial charge in [-0.1, -0.05) is 76.6 Å². The summed E-state index contributed by atoms with van der Waals surface area (Å²) in [6.45, 7) is 7.91. The van der Waals surface area contributed by atoms with Crippen molar-refractivity contribution in [1.29, 1.82) is 0 Å². The van der Waals surface area contributed by atoms with E-state index in [1.807, 2.05) is 5.32 Å². The van der Waals surface area contributed by atoms with E-state index in [1.165, 1.54) is 26.8 Å². The molecule has 0 aliphatic rings. The fraction of sp³-hybridized carbons (Fsp3) is 0.551. The number of carbonyl (C=O) groups is 19. The number of rotatable bonds is 50. The van der Waals surface area contributed by atoms with Crippen LogP contribution in [0.1, 0.15) is 153 Å². The number of halogens is 3. The van der Waals surface area contributed by atoms with E-state index < -0.39 is 279 Å². The predicted octanol–water partition coefficient (Wildman–Crippen LogP) is -3.16. The summed E-state index contributed by atoms with van der Waals surface area (Å²) in [5, 5.41) is 87.8. The first-order valence-corrected chi connectivity index (χ1v) is 35.0. The molecule has 0 saturated carbocycles. The van der Waals surface area contributed by atoms with Crippen LogP contribution in [-0.4, -0.2) is 229 Å². The number of aliphatic hydroxyl groups is 1. The second kappa shape index (κ2) is 47.1. The summed E-state index contributed by atoms with van der Waals surface area (Å²) in [5.74, 6) is -24.9. The van der Waals surface area contributed by atoms with Crippen molar-refractivity contribution in [2.75, 3.05) is 13.1 Å². The summed E-state index contributed by atoms with van der Waals surface area (Å²) in [4.78, 5) is 248. The topological polar surface area (TPSA) is 628 Å². The maximum absolute atomic E-state index is 14.4. The summed E-state index contributed by atoms with van der Waals surface area (Å²) >= 11 is 0. The zero-order valence-corrected chi connectivity index (χ0v) is 61.7. The van der Waals surface area contributed by atoms with Crippen LogP contribution < -0.4 is 74.9 Å². The molecule has 0 radical (unpaired) electrons. The molecule has 0 aliphatic carbocycles. The van der Waals surface area contributed by atoms with Gasteiger partial charge in [-0.25, -0.2) is 4.79 Å². The lowest BCUT2D eigenvalue weighted by Crippen LogP contribution is -2.61. The van der Waals surface area contributed by atoms with Crippen LogP contribution >= 0.6 is 0 Å². The van der Waals surface area contributed by atoms with Crippen LogP contribution in [0.3, 0.4) is 0 Å². The lowest BCUT2D eigenvalue weighted by atomic mass is 9.97. The van der Waals surface area contributed by atoms with Crippen molar-refractivity contribution >= 4 is 113 Å². The Hall–Kier alpha value is -11.9. The molecular weight excluding hydrogens is 1480 g/mol. The third kappa shape index (κ3) is 35.4. The predicted molar refractivity (Wildman–Crippen MR) is 378 cm³/mol. The molecule has 2 aromatic carbocycles. The highest BCUT2D eigenvalue weighted by Gasteiger charge is 2.39. The summed E-state index contributed by atoms with van der Waals surface area (Å²) in [6, 6.07) is -7.26. The van der Waals surface area contributed by atoms with Crippen molar-refractivity contribution in [1.82, 2.24) is 69.1 Å². The monoisotopic (exact) mass is 1580 g/mol. The first-order valence-electron chi connectivity index (χ1n) is 35.0. The van der Waals surface area contributed by atoms with Gasteiger partial charge in [-0.3, -0.25) is 86.3 Å². The molecule has 2 rings (SSSR count). The Morgan fingerprint density at radius 2 is 0.883 bits per heavy atom. The van der Waals surface area contributed by atoms with Gasteiger partial charge >= 0.3 is 36.0 Å². The Labute approximate surface area is 633 Å². The van der Waals surface area contributed by atoms with Crippen LogP contribution in [-0.2, 0) is 98.9 Å². The molecule has 13 atom stereocenters. The molecular formula is C69H97F3N14O25. The Morgan fingerprint density at radius 1 is 0.441 bits per heavy atom. The fourth-order valence-electron chi connectivity index (χ4n) is 10.5. The average Bonchev–Trinajstić information content (AvgIpc) is 0.793. The normalized spacial score (nSPS) is 14.6. The van der Waals surface area contributed by atoms with Gasteiger partial charge in [-0.2, -0.15) is 13.2 Å². The quantitative estimate of drug-likeness (QED) is 0.0291. The van der Waals surface area contributed by atoms with Gasteiger partial charge in [0.2, 0.25) is 76.8 Å². The summed E-state index contributed by atoms with van der Waals surface area (Å²) in [5.41, 5.74) is 3.86. The second-order valence-corrected chi connectivity index (χ2v) is 26.2. The van der Waals surface area contributed by atoms with Crippen molar-refractivity contribution < 1.29 is 135 Å². The molecule has 39 nitrogen and oxygen atoms in total. The molecule has 614 valence electrons. The molecule has 0 unspecified atom stereocenters. The number of benzene rings is 2.